The number of halogens is 2. The second-order valence-corrected chi connectivity index (χ2v) is 5.94. The Labute approximate surface area is 169 Å². The summed E-state index contributed by atoms with van der Waals surface area (Å²) in [5.41, 5.74) is 18.4. The molecule has 0 saturated heterocycles. The van der Waals surface area contributed by atoms with Gasteiger partial charge in [0.15, 0.2) is 0 Å². The summed E-state index contributed by atoms with van der Waals surface area (Å²) < 4.78 is 0. The Morgan fingerprint density at radius 2 is 1.52 bits per heavy atom. The molecule has 5 nitrogen and oxygen atoms in total. The van der Waals surface area contributed by atoms with E-state index in [1.807, 2.05) is 60.7 Å². The molecular weight excluding hydrogens is 381 g/mol. The van der Waals surface area contributed by atoms with Crippen molar-refractivity contribution < 1.29 is 0 Å². The Morgan fingerprint density at radius 3 is 2.19 bits per heavy atom. The molecule has 0 bridgehead atoms. The van der Waals surface area contributed by atoms with Crippen LogP contribution in [0.5, 0.6) is 0 Å². The number of guanidine groups is 1. The second-order valence-electron chi connectivity index (χ2n) is 5.50. The number of aliphatic imine (C=N–C) groups is 1. The summed E-state index contributed by atoms with van der Waals surface area (Å²) in [6.45, 7) is 0. The van der Waals surface area contributed by atoms with E-state index in [1.165, 1.54) is 0 Å². The quantitative estimate of drug-likeness (QED) is 0.264. The number of hydrogen-bond donors (Lipinski definition) is 3. The zero-order chi connectivity index (χ0) is 18.4. The SMILES string of the molecule is Cl.NC(=Nc1ccccc1)N/N=C(\c1ccccc1)c1cc(Cl)ccc1N. The molecule has 0 atom stereocenters. The van der Waals surface area contributed by atoms with Gasteiger partial charge in [-0.05, 0) is 30.3 Å². The number of benzene rings is 3. The van der Waals surface area contributed by atoms with E-state index in [4.69, 9.17) is 23.1 Å². The number of rotatable bonds is 4. The molecule has 7 heteroatoms. The summed E-state index contributed by atoms with van der Waals surface area (Å²) in [4.78, 5) is 4.28. The van der Waals surface area contributed by atoms with Crippen LogP contribution in [0.2, 0.25) is 5.02 Å². The molecule has 27 heavy (non-hydrogen) atoms. The first kappa shape index (κ1) is 20.3. The van der Waals surface area contributed by atoms with Crippen LogP contribution in [-0.4, -0.2) is 11.7 Å². The monoisotopic (exact) mass is 399 g/mol. The third-order valence-electron chi connectivity index (χ3n) is 3.61. The van der Waals surface area contributed by atoms with Crippen molar-refractivity contribution in [2.45, 2.75) is 0 Å². The first-order valence-electron chi connectivity index (χ1n) is 7.97. The van der Waals surface area contributed by atoms with Gasteiger partial charge in [0.1, 0.15) is 0 Å². The highest BCUT2D eigenvalue weighted by Gasteiger charge is 2.11. The van der Waals surface area contributed by atoms with Gasteiger partial charge in [-0.15, -0.1) is 12.4 Å². The number of anilines is 1. The fourth-order valence-corrected chi connectivity index (χ4v) is 2.56. The zero-order valence-corrected chi connectivity index (χ0v) is 15.9. The largest absolute Gasteiger partial charge is 0.398 e. The standard InChI is InChI=1S/C20H18ClN5.ClH/c21-15-11-12-18(22)17(13-15)19(14-7-3-1-4-8-14)25-26-20(23)24-16-9-5-2-6-10-16;/h1-13H,22H2,(H3,23,24,26);1H/b25-19+;. The van der Waals surface area contributed by atoms with Crippen molar-refractivity contribution in [3.8, 4) is 0 Å². The molecule has 0 heterocycles. The number of nitrogens with one attached hydrogen (secondary N) is 1. The lowest BCUT2D eigenvalue weighted by Gasteiger charge is -2.11. The highest BCUT2D eigenvalue weighted by molar-refractivity contribution is 6.31. The molecule has 0 spiro atoms. The maximum absolute atomic E-state index is 6.14. The van der Waals surface area contributed by atoms with Gasteiger partial charge in [-0.25, -0.2) is 10.4 Å². The number of hydrogen-bond acceptors (Lipinski definition) is 3. The fourth-order valence-electron chi connectivity index (χ4n) is 2.39. The lowest BCUT2D eigenvalue weighted by Crippen LogP contribution is -2.28. The lowest BCUT2D eigenvalue weighted by atomic mass is 10.0. The molecular formula is C20H19Cl2N5. The molecule has 0 fully saturated rings. The Hall–Kier alpha value is -3.02. The van der Waals surface area contributed by atoms with Gasteiger partial charge in [-0.2, -0.15) is 5.10 Å². The first-order chi connectivity index (χ1) is 12.6. The summed E-state index contributed by atoms with van der Waals surface area (Å²) in [5, 5.41) is 5.01. The van der Waals surface area contributed by atoms with E-state index in [1.54, 1.807) is 18.2 Å². The Kier molecular flexibility index (Phi) is 7.23. The van der Waals surface area contributed by atoms with E-state index >= 15 is 0 Å². The number of nitrogen functional groups attached to an aromatic ring is 1. The van der Waals surface area contributed by atoms with Gasteiger partial charge in [0.2, 0.25) is 5.96 Å². The van der Waals surface area contributed by atoms with Gasteiger partial charge in [-0.1, -0.05) is 60.1 Å². The van der Waals surface area contributed by atoms with Gasteiger partial charge in [0.05, 0.1) is 11.4 Å². The average Bonchev–Trinajstić information content (AvgIpc) is 2.66. The molecule has 0 aromatic heterocycles. The molecule has 5 N–H and O–H groups in total. The summed E-state index contributed by atoms with van der Waals surface area (Å²) in [6, 6.07) is 24.3. The molecule has 0 saturated carbocycles. The minimum absolute atomic E-state index is 0. The average molecular weight is 400 g/mol. The Balaban J connectivity index is 0.00000261. The van der Waals surface area contributed by atoms with E-state index < -0.39 is 0 Å². The molecule has 3 aromatic rings. The molecule has 3 rings (SSSR count). The summed E-state index contributed by atoms with van der Waals surface area (Å²) in [5.74, 6) is 0.172. The van der Waals surface area contributed by atoms with Crippen LogP contribution in [0.1, 0.15) is 11.1 Å². The van der Waals surface area contributed by atoms with Crippen LogP contribution in [0.15, 0.2) is 89.0 Å². The van der Waals surface area contributed by atoms with Crippen LogP contribution < -0.4 is 16.9 Å². The van der Waals surface area contributed by atoms with Crippen LogP contribution in [0, 0.1) is 0 Å². The van der Waals surface area contributed by atoms with E-state index in [-0.39, 0.29) is 18.4 Å². The molecule has 0 amide bonds. The van der Waals surface area contributed by atoms with Crippen molar-refractivity contribution in [3.05, 3.63) is 95.0 Å². The van der Waals surface area contributed by atoms with Gasteiger partial charge in [-0.3, -0.25) is 0 Å². The van der Waals surface area contributed by atoms with Crippen LogP contribution in [0.25, 0.3) is 0 Å². The summed E-state index contributed by atoms with van der Waals surface area (Å²) in [6.07, 6.45) is 0. The minimum Gasteiger partial charge on any atom is -0.398 e. The van der Waals surface area contributed by atoms with Crippen LogP contribution >= 0.6 is 24.0 Å². The van der Waals surface area contributed by atoms with E-state index in [0.717, 1.165) is 11.3 Å². The van der Waals surface area contributed by atoms with E-state index in [9.17, 15) is 0 Å². The molecule has 0 radical (unpaired) electrons. The van der Waals surface area contributed by atoms with E-state index in [2.05, 4.69) is 15.5 Å². The Bertz CT molecular complexity index is 941. The third-order valence-corrected chi connectivity index (χ3v) is 3.84. The van der Waals surface area contributed by atoms with Crippen molar-refractivity contribution in [1.82, 2.24) is 5.43 Å². The fraction of sp³-hybridized carbons (Fsp3) is 0. The number of nitrogens with zero attached hydrogens (tertiary/aromatic N) is 2. The van der Waals surface area contributed by atoms with Crippen LogP contribution in [0.4, 0.5) is 11.4 Å². The van der Waals surface area contributed by atoms with Crippen molar-refractivity contribution in [2.24, 2.45) is 15.8 Å². The van der Waals surface area contributed by atoms with Crippen molar-refractivity contribution in [1.29, 1.82) is 0 Å². The maximum atomic E-state index is 6.14. The smallest absolute Gasteiger partial charge is 0.214 e. The lowest BCUT2D eigenvalue weighted by molar-refractivity contribution is 1.01. The van der Waals surface area contributed by atoms with Crippen molar-refractivity contribution in [3.63, 3.8) is 0 Å². The highest BCUT2D eigenvalue weighted by Crippen LogP contribution is 2.21. The number of para-hydroxylation sites is 1. The Morgan fingerprint density at radius 1 is 0.889 bits per heavy atom. The maximum Gasteiger partial charge on any atom is 0.214 e. The molecule has 138 valence electrons. The highest BCUT2D eigenvalue weighted by atomic mass is 35.5. The first-order valence-corrected chi connectivity index (χ1v) is 8.35. The topological polar surface area (TPSA) is 88.8 Å². The van der Waals surface area contributed by atoms with Gasteiger partial charge < -0.3 is 11.5 Å². The third kappa shape index (κ3) is 5.48. The van der Waals surface area contributed by atoms with Gasteiger partial charge >= 0.3 is 0 Å². The minimum atomic E-state index is 0. The molecule has 0 aliphatic carbocycles. The molecule has 0 aliphatic heterocycles. The van der Waals surface area contributed by atoms with Gasteiger partial charge in [0.25, 0.3) is 0 Å². The van der Waals surface area contributed by atoms with Crippen LogP contribution in [-0.2, 0) is 0 Å². The van der Waals surface area contributed by atoms with Crippen molar-refractivity contribution >= 4 is 47.1 Å². The predicted molar refractivity (Wildman–Crippen MR) is 116 cm³/mol. The summed E-state index contributed by atoms with van der Waals surface area (Å²) >= 11 is 6.14. The normalized spacial score (nSPS) is 11.6. The zero-order valence-electron chi connectivity index (χ0n) is 14.3. The molecule has 3 aromatic carbocycles. The number of hydrazone groups is 1. The van der Waals surface area contributed by atoms with E-state index in [0.29, 0.717) is 22.0 Å². The van der Waals surface area contributed by atoms with Crippen LogP contribution in [0.3, 0.4) is 0 Å². The second kappa shape index (κ2) is 9.62. The molecule has 0 unspecified atom stereocenters. The summed E-state index contributed by atoms with van der Waals surface area (Å²) in [7, 11) is 0. The predicted octanol–water partition coefficient (Wildman–Crippen LogP) is 4.33. The van der Waals surface area contributed by atoms with Crippen molar-refractivity contribution in [2.75, 3.05) is 5.73 Å². The number of nitrogens with two attached hydrogens (primary N) is 2. The van der Waals surface area contributed by atoms with Gasteiger partial charge in [0, 0.05) is 21.8 Å². The molecule has 0 aliphatic rings.